The molecule has 0 bridgehead atoms. The first-order valence-electron chi connectivity index (χ1n) is 6.25. The molecule has 0 aliphatic heterocycles. The van der Waals surface area contributed by atoms with Gasteiger partial charge in [-0.2, -0.15) is 17.4 Å². The lowest BCUT2D eigenvalue weighted by molar-refractivity contribution is 0.215. The molecule has 0 saturated carbocycles. The molecule has 5 nitrogen and oxygen atoms in total. The number of benzene rings is 1. The predicted octanol–water partition coefficient (Wildman–Crippen LogP) is 0.970. The van der Waals surface area contributed by atoms with E-state index in [0.717, 1.165) is 5.56 Å². The van der Waals surface area contributed by atoms with Crippen LogP contribution in [0.5, 0.6) is 0 Å². The van der Waals surface area contributed by atoms with Crippen molar-refractivity contribution in [3.05, 3.63) is 35.9 Å². The van der Waals surface area contributed by atoms with Crippen molar-refractivity contribution in [1.82, 2.24) is 9.03 Å². The molecule has 0 aliphatic rings. The van der Waals surface area contributed by atoms with E-state index in [1.165, 1.54) is 11.4 Å². The Morgan fingerprint density at radius 3 is 2.37 bits per heavy atom. The standard InChI is InChI=1S/C13H22N2O3S/c1-11(10-16)12(2)14-19(17,18)15(3)9-13-7-5-4-6-8-13/h4-8,11-12,14,16H,9-10H2,1-3H3. The third-order valence-corrected chi connectivity index (χ3v) is 4.75. The highest BCUT2D eigenvalue weighted by atomic mass is 32.2. The van der Waals surface area contributed by atoms with Crippen LogP contribution in [0, 0.1) is 5.92 Å². The molecule has 2 atom stereocenters. The molecule has 0 saturated heterocycles. The predicted molar refractivity (Wildman–Crippen MR) is 75.7 cm³/mol. The second-order valence-corrected chi connectivity index (χ2v) is 6.62. The van der Waals surface area contributed by atoms with Crippen LogP contribution in [0.3, 0.4) is 0 Å². The van der Waals surface area contributed by atoms with E-state index in [0.29, 0.717) is 6.54 Å². The molecule has 6 heteroatoms. The Balaban J connectivity index is 2.67. The lowest BCUT2D eigenvalue weighted by atomic mass is 10.1. The maximum absolute atomic E-state index is 12.1. The largest absolute Gasteiger partial charge is 0.396 e. The fourth-order valence-electron chi connectivity index (χ4n) is 1.52. The zero-order valence-electron chi connectivity index (χ0n) is 11.6. The molecule has 0 fully saturated rings. The average molecular weight is 286 g/mol. The Kier molecular flexibility index (Phi) is 5.93. The lowest BCUT2D eigenvalue weighted by Crippen LogP contribution is -2.45. The fourth-order valence-corrected chi connectivity index (χ4v) is 2.73. The van der Waals surface area contributed by atoms with Gasteiger partial charge in [-0.3, -0.25) is 0 Å². The third kappa shape index (κ3) is 4.91. The smallest absolute Gasteiger partial charge is 0.279 e. The van der Waals surface area contributed by atoms with Gasteiger partial charge in [0.05, 0.1) is 0 Å². The molecule has 19 heavy (non-hydrogen) atoms. The monoisotopic (exact) mass is 286 g/mol. The Morgan fingerprint density at radius 2 is 1.84 bits per heavy atom. The molecule has 0 aliphatic carbocycles. The topological polar surface area (TPSA) is 69.6 Å². The van der Waals surface area contributed by atoms with E-state index in [9.17, 15) is 8.42 Å². The Morgan fingerprint density at radius 1 is 1.26 bits per heavy atom. The first kappa shape index (κ1) is 16.1. The van der Waals surface area contributed by atoms with Gasteiger partial charge in [-0.1, -0.05) is 37.3 Å². The summed E-state index contributed by atoms with van der Waals surface area (Å²) in [5.74, 6) is -0.125. The number of aliphatic hydroxyl groups is 1. The molecule has 1 rings (SSSR count). The van der Waals surface area contributed by atoms with Crippen LogP contribution in [0.25, 0.3) is 0 Å². The van der Waals surface area contributed by atoms with Gasteiger partial charge in [-0.15, -0.1) is 0 Å². The highest BCUT2D eigenvalue weighted by Crippen LogP contribution is 2.08. The Bertz CT molecular complexity index is 476. The molecule has 108 valence electrons. The Labute approximate surface area is 115 Å². The summed E-state index contributed by atoms with van der Waals surface area (Å²) in [6.45, 7) is 3.81. The molecular weight excluding hydrogens is 264 g/mol. The number of nitrogens with one attached hydrogen (secondary N) is 1. The van der Waals surface area contributed by atoms with Gasteiger partial charge in [-0.05, 0) is 18.4 Å². The zero-order valence-corrected chi connectivity index (χ0v) is 12.4. The van der Waals surface area contributed by atoms with Crippen LogP contribution >= 0.6 is 0 Å². The summed E-state index contributed by atoms with van der Waals surface area (Å²) in [5, 5.41) is 9.03. The van der Waals surface area contributed by atoms with Crippen LogP contribution in [0.2, 0.25) is 0 Å². The molecule has 0 spiro atoms. The minimum Gasteiger partial charge on any atom is -0.396 e. The normalized spacial score (nSPS) is 15.4. The SMILES string of the molecule is CC(CO)C(C)NS(=O)(=O)N(C)Cc1ccccc1. The summed E-state index contributed by atoms with van der Waals surface area (Å²) < 4.78 is 28.0. The van der Waals surface area contributed by atoms with Gasteiger partial charge in [0, 0.05) is 26.2 Å². The van der Waals surface area contributed by atoms with Crippen molar-refractivity contribution in [3.8, 4) is 0 Å². The van der Waals surface area contributed by atoms with Crippen molar-refractivity contribution in [3.63, 3.8) is 0 Å². The van der Waals surface area contributed by atoms with Crippen LogP contribution < -0.4 is 4.72 Å². The second-order valence-electron chi connectivity index (χ2n) is 4.81. The van der Waals surface area contributed by atoms with Crippen LogP contribution in [-0.4, -0.2) is 37.5 Å². The summed E-state index contributed by atoms with van der Waals surface area (Å²) in [5.41, 5.74) is 0.929. The van der Waals surface area contributed by atoms with E-state index in [4.69, 9.17) is 5.11 Å². The molecule has 0 radical (unpaired) electrons. The highest BCUT2D eigenvalue weighted by Gasteiger charge is 2.22. The van der Waals surface area contributed by atoms with Crippen LogP contribution in [0.15, 0.2) is 30.3 Å². The van der Waals surface area contributed by atoms with E-state index in [1.54, 1.807) is 13.8 Å². The summed E-state index contributed by atoms with van der Waals surface area (Å²) >= 11 is 0. The van der Waals surface area contributed by atoms with Gasteiger partial charge >= 0.3 is 0 Å². The maximum Gasteiger partial charge on any atom is 0.279 e. The van der Waals surface area contributed by atoms with Crippen molar-refractivity contribution in [2.75, 3.05) is 13.7 Å². The van der Waals surface area contributed by atoms with Gasteiger partial charge in [-0.25, -0.2) is 0 Å². The number of aliphatic hydroxyl groups excluding tert-OH is 1. The van der Waals surface area contributed by atoms with Crippen LogP contribution in [0.1, 0.15) is 19.4 Å². The summed E-state index contributed by atoms with van der Waals surface area (Å²) in [6.07, 6.45) is 0. The third-order valence-electron chi connectivity index (χ3n) is 3.13. The Hall–Kier alpha value is -0.950. The molecule has 2 N–H and O–H groups in total. The van der Waals surface area contributed by atoms with Crippen molar-refractivity contribution < 1.29 is 13.5 Å². The molecule has 0 amide bonds. The van der Waals surface area contributed by atoms with Gasteiger partial charge < -0.3 is 5.11 Å². The summed E-state index contributed by atoms with van der Waals surface area (Å²) in [6, 6.07) is 9.09. The van der Waals surface area contributed by atoms with Crippen molar-refractivity contribution in [1.29, 1.82) is 0 Å². The molecule has 0 heterocycles. The van der Waals surface area contributed by atoms with Crippen LogP contribution in [0.4, 0.5) is 0 Å². The van der Waals surface area contributed by atoms with E-state index >= 15 is 0 Å². The van der Waals surface area contributed by atoms with Crippen molar-refractivity contribution in [2.24, 2.45) is 5.92 Å². The summed E-state index contributed by atoms with van der Waals surface area (Å²) in [4.78, 5) is 0. The molecule has 2 unspecified atom stereocenters. The first-order chi connectivity index (χ1) is 8.86. The average Bonchev–Trinajstić information content (AvgIpc) is 2.38. The van der Waals surface area contributed by atoms with Gasteiger partial charge in [0.1, 0.15) is 0 Å². The lowest BCUT2D eigenvalue weighted by Gasteiger charge is -2.23. The molecule has 1 aromatic carbocycles. The highest BCUT2D eigenvalue weighted by molar-refractivity contribution is 7.87. The van der Waals surface area contributed by atoms with Gasteiger partial charge in [0.15, 0.2) is 0 Å². The number of rotatable bonds is 7. The van der Waals surface area contributed by atoms with E-state index in [-0.39, 0.29) is 18.6 Å². The van der Waals surface area contributed by atoms with E-state index in [1.807, 2.05) is 30.3 Å². The van der Waals surface area contributed by atoms with Gasteiger partial charge in [0.25, 0.3) is 10.2 Å². The zero-order chi connectivity index (χ0) is 14.5. The summed E-state index contributed by atoms with van der Waals surface area (Å²) in [7, 11) is -2.01. The number of hydrogen-bond acceptors (Lipinski definition) is 3. The number of hydrogen-bond donors (Lipinski definition) is 2. The van der Waals surface area contributed by atoms with E-state index in [2.05, 4.69) is 4.72 Å². The van der Waals surface area contributed by atoms with Gasteiger partial charge in [0.2, 0.25) is 0 Å². The quantitative estimate of drug-likeness (QED) is 0.784. The number of nitrogens with zero attached hydrogens (tertiary/aromatic N) is 1. The maximum atomic E-state index is 12.1. The van der Waals surface area contributed by atoms with E-state index < -0.39 is 10.2 Å². The first-order valence-corrected chi connectivity index (χ1v) is 7.69. The molecule has 0 aromatic heterocycles. The molecule has 1 aromatic rings. The minimum atomic E-state index is -3.54. The second kappa shape index (κ2) is 7.00. The minimum absolute atomic E-state index is 0.0495. The molecular formula is C13H22N2O3S. The van der Waals surface area contributed by atoms with Crippen molar-refractivity contribution >= 4 is 10.2 Å². The fraction of sp³-hybridized carbons (Fsp3) is 0.538. The van der Waals surface area contributed by atoms with Crippen LogP contribution in [-0.2, 0) is 16.8 Å². The van der Waals surface area contributed by atoms with Crippen molar-refractivity contribution in [2.45, 2.75) is 26.4 Å².